The van der Waals surface area contributed by atoms with E-state index in [4.69, 9.17) is 4.52 Å². The van der Waals surface area contributed by atoms with Gasteiger partial charge in [0, 0.05) is 24.1 Å². The van der Waals surface area contributed by atoms with Crippen LogP contribution in [0.4, 0.5) is 0 Å². The molecular formula is C17H21N3O. The lowest BCUT2D eigenvalue weighted by atomic mass is 9.90. The molecule has 110 valence electrons. The van der Waals surface area contributed by atoms with E-state index in [0.29, 0.717) is 23.8 Å². The minimum atomic E-state index is 0.690. The second kappa shape index (κ2) is 5.26. The van der Waals surface area contributed by atoms with Crippen LogP contribution in [0.1, 0.15) is 37.1 Å². The van der Waals surface area contributed by atoms with Crippen LogP contribution in [0.3, 0.4) is 0 Å². The van der Waals surface area contributed by atoms with Crippen molar-refractivity contribution >= 4 is 0 Å². The van der Waals surface area contributed by atoms with Crippen LogP contribution in [0, 0.1) is 12.8 Å². The van der Waals surface area contributed by atoms with Gasteiger partial charge in [0.2, 0.25) is 11.7 Å². The maximum absolute atomic E-state index is 5.46. The zero-order valence-corrected chi connectivity index (χ0v) is 12.4. The van der Waals surface area contributed by atoms with Crippen molar-refractivity contribution in [3.05, 3.63) is 35.7 Å². The van der Waals surface area contributed by atoms with Crippen LogP contribution in [0.5, 0.6) is 0 Å². The molecule has 2 aromatic rings. The van der Waals surface area contributed by atoms with Crippen LogP contribution in [0.25, 0.3) is 11.4 Å². The van der Waals surface area contributed by atoms with Gasteiger partial charge in [-0.15, -0.1) is 0 Å². The Morgan fingerprint density at radius 1 is 1.14 bits per heavy atom. The molecule has 0 radical (unpaired) electrons. The first kappa shape index (κ1) is 13.0. The van der Waals surface area contributed by atoms with Crippen LogP contribution in [0.2, 0.25) is 0 Å². The smallest absolute Gasteiger partial charge is 0.227 e. The summed E-state index contributed by atoms with van der Waals surface area (Å²) >= 11 is 0. The third kappa shape index (κ3) is 2.72. The normalized spacial score (nSPS) is 28.0. The lowest BCUT2D eigenvalue weighted by Gasteiger charge is -2.27. The summed E-state index contributed by atoms with van der Waals surface area (Å²) < 4.78 is 5.46. The van der Waals surface area contributed by atoms with E-state index in [1.807, 2.05) is 0 Å². The molecular weight excluding hydrogens is 262 g/mol. The fraction of sp³-hybridized carbons (Fsp3) is 0.529. The average Bonchev–Trinajstić information content (AvgIpc) is 3.07. The van der Waals surface area contributed by atoms with E-state index in [9.17, 15) is 0 Å². The molecule has 4 nitrogen and oxygen atoms in total. The molecule has 1 aromatic heterocycles. The third-order valence-corrected chi connectivity index (χ3v) is 4.81. The average molecular weight is 283 g/mol. The largest absolute Gasteiger partial charge is 0.339 e. The predicted molar refractivity (Wildman–Crippen MR) is 80.8 cm³/mol. The van der Waals surface area contributed by atoms with Crippen molar-refractivity contribution < 1.29 is 4.52 Å². The van der Waals surface area contributed by atoms with Gasteiger partial charge in [0.1, 0.15) is 0 Å². The molecule has 2 fully saturated rings. The Kier molecular flexibility index (Phi) is 3.26. The molecule has 0 amide bonds. The van der Waals surface area contributed by atoms with Crippen LogP contribution in [-0.2, 0) is 6.42 Å². The van der Waals surface area contributed by atoms with Crippen LogP contribution in [0.15, 0.2) is 28.8 Å². The SMILES string of the molecule is Cc1ccc(-c2noc(CC3CC4CCC(C3)N4)n2)cc1. The minimum absolute atomic E-state index is 0.690. The van der Waals surface area contributed by atoms with Crippen molar-refractivity contribution in [1.29, 1.82) is 0 Å². The van der Waals surface area contributed by atoms with Gasteiger partial charge < -0.3 is 9.84 Å². The number of aromatic nitrogens is 2. The second-order valence-corrected chi connectivity index (χ2v) is 6.56. The molecule has 2 unspecified atom stereocenters. The molecule has 2 aliphatic heterocycles. The Morgan fingerprint density at radius 2 is 1.86 bits per heavy atom. The first-order valence-corrected chi connectivity index (χ1v) is 7.92. The Morgan fingerprint density at radius 3 is 2.57 bits per heavy atom. The molecule has 0 spiro atoms. The highest BCUT2D eigenvalue weighted by atomic mass is 16.5. The van der Waals surface area contributed by atoms with Gasteiger partial charge in [0.25, 0.3) is 0 Å². The number of fused-ring (bicyclic) bond motifs is 2. The lowest BCUT2D eigenvalue weighted by Crippen LogP contribution is -2.38. The third-order valence-electron chi connectivity index (χ3n) is 4.81. The van der Waals surface area contributed by atoms with Crippen molar-refractivity contribution in [1.82, 2.24) is 15.5 Å². The van der Waals surface area contributed by atoms with Gasteiger partial charge in [-0.25, -0.2) is 0 Å². The molecule has 4 rings (SSSR count). The number of piperidine rings is 1. The Hall–Kier alpha value is -1.68. The Labute approximate surface area is 124 Å². The number of hydrogen-bond donors (Lipinski definition) is 1. The number of hydrogen-bond acceptors (Lipinski definition) is 4. The maximum Gasteiger partial charge on any atom is 0.227 e. The highest BCUT2D eigenvalue weighted by molar-refractivity contribution is 5.54. The molecule has 0 saturated carbocycles. The Bertz CT molecular complexity index is 607. The number of benzene rings is 1. The lowest BCUT2D eigenvalue weighted by molar-refractivity contribution is 0.270. The highest BCUT2D eigenvalue weighted by Gasteiger charge is 2.34. The molecule has 21 heavy (non-hydrogen) atoms. The summed E-state index contributed by atoms with van der Waals surface area (Å²) in [6.07, 6.45) is 6.09. The van der Waals surface area contributed by atoms with Crippen molar-refractivity contribution in [3.63, 3.8) is 0 Å². The first-order valence-electron chi connectivity index (χ1n) is 7.92. The van der Waals surface area contributed by atoms with Crippen molar-refractivity contribution in [3.8, 4) is 11.4 Å². The highest BCUT2D eigenvalue weighted by Crippen LogP contribution is 2.32. The topological polar surface area (TPSA) is 51.0 Å². The van der Waals surface area contributed by atoms with E-state index in [1.165, 1.54) is 31.2 Å². The van der Waals surface area contributed by atoms with E-state index in [0.717, 1.165) is 17.9 Å². The van der Waals surface area contributed by atoms with Crippen molar-refractivity contribution in [2.45, 2.75) is 51.1 Å². The van der Waals surface area contributed by atoms with Crippen molar-refractivity contribution in [2.24, 2.45) is 5.92 Å². The Balaban J connectivity index is 1.46. The van der Waals surface area contributed by atoms with Gasteiger partial charge >= 0.3 is 0 Å². The zero-order chi connectivity index (χ0) is 14.2. The van der Waals surface area contributed by atoms with Gasteiger partial charge in [0.05, 0.1) is 0 Å². The van der Waals surface area contributed by atoms with Crippen LogP contribution >= 0.6 is 0 Å². The predicted octanol–water partition coefficient (Wildman–Crippen LogP) is 3.12. The van der Waals surface area contributed by atoms with Crippen molar-refractivity contribution in [2.75, 3.05) is 0 Å². The summed E-state index contributed by atoms with van der Waals surface area (Å²) in [5, 5.41) is 7.81. The molecule has 0 aliphatic carbocycles. The van der Waals surface area contributed by atoms with E-state index in [1.54, 1.807) is 0 Å². The van der Waals surface area contributed by atoms with E-state index in [-0.39, 0.29) is 0 Å². The summed E-state index contributed by atoms with van der Waals surface area (Å²) in [5.74, 6) is 2.19. The first-order chi connectivity index (χ1) is 10.3. The molecule has 2 saturated heterocycles. The van der Waals surface area contributed by atoms with Gasteiger partial charge in [-0.05, 0) is 38.5 Å². The second-order valence-electron chi connectivity index (χ2n) is 6.56. The molecule has 4 heteroatoms. The van der Waals surface area contributed by atoms with Crippen LogP contribution in [-0.4, -0.2) is 22.2 Å². The summed E-state index contributed by atoms with van der Waals surface area (Å²) in [6.45, 7) is 2.08. The van der Waals surface area contributed by atoms with Gasteiger partial charge in [-0.3, -0.25) is 0 Å². The summed E-state index contributed by atoms with van der Waals surface area (Å²) in [5.41, 5.74) is 2.27. The fourth-order valence-corrected chi connectivity index (χ4v) is 3.75. The standard InChI is InChI=1S/C17H21N3O/c1-11-2-4-13(5-3-11)17-19-16(21-20-17)10-12-8-14-6-7-15(9-12)18-14/h2-5,12,14-15,18H,6-10H2,1H3. The van der Waals surface area contributed by atoms with Crippen LogP contribution < -0.4 is 5.32 Å². The molecule has 2 atom stereocenters. The minimum Gasteiger partial charge on any atom is -0.339 e. The molecule has 1 aromatic carbocycles. The molecule has 2 aliphatic rings. The maximum atomic E-state index is 5.46. The zero-order valence-electron chi connectivity index (χ0n) is 12.4. The number of nitrogens with one attached hydrogen (secondary N) is 1. The summed E-state index contributed by atoms with van der Waals surface area (Å²) in [4.78, 5) is 4.58. The van der Waals surface area contributed by atoms with Gasteiger partial charge in [-0.1, -0.05) is 35.0 Å². The molecule has 3 heterocycles. The van der Waals surface area contributed by atoms with E-state index in [2.05, 4.69) is 46.6 Å². The summed E-state index contributed by atoms with van der Waals surface area (Å²) in [7, 11) is 0. The fourth-order valence-electron chi connectivity index (χ4n) is 3.75. The van der Waals surface area contributed by atoms with Gasteiger partial charge in [0.15, 0.2) is 0 Å². The van der Waals surface area contributed by atoms with E-state index < -0.39 is 0 Å². The van der Waals surface area contributed by atoms with E-state index >= 15 is 0 Å². The van der Waals surface area contributed by atoms with Gasteiger partial charge in [-0.2, -0.15) is 4.98 Å². The molecule has 2 bridgehead atoms. The number of aryl methyl sites for hydroxylation is 1. The quantitative estimate of drug-likeness (QED) is 0.940. The monoisotopic (exact) mass is 283 g/mol. The summed E-state index contributed by atoms with van der Waals surface area (Å²) in [6, 6.07) is 9.69. The number of rotatable bonds is 3. The number of nitrogens with zero attached hydrogens (tertiary/aromatic N) is 2. The molecule has 1 N–H and O–H groups in total.